The van der Waals surface area contributed by atoms with Crippen LogP contribution in [0.25, 0.3) is 0 Å². The molecule has 1 aromatic heterocycles. The van der Waals surface area contributed by atoms with Crippen LogP contribution in [0.4, 0.5) is 0 Å². The standard InChI is InChI=1S/C14H18N4O3/c1-4-18-12(16-8-17-18)7-15-14(20)10-5-9(2)6-11(21-3)13(10)19/h5-6,8,19H,4,7H2,1-3H3,(H,15,20). The first kappa shape index (κ1) is 14.8. The Morgan fingerprint density at radius 3 is 2.90 bits per heavy atom. The number of nitrogens with zero attached hydrogens (tertiary/aromatic N) is 3. The van der Waals surface area contributed by atoms with Gasteiger partial charge in [0.1, 0.15) is 12.2 Å². The number of rotatable bonds is 5. The number of methoxy groups -OCH3 is 1. The van der Waals surface area contributed by atoms with E-state index in [4.69, 9.17) is 4.74 Å². The molecule has 0 saturated carbocycles. The fourth-order valence-corrected chi connectivity index (χ4v) is 2.02. The van der Waals surface area contributed by atoms with Crippen LogP contribution in [0.15, 0.2) is 18.5 Å². The molecule has 0 aliphatic heterocycles. The molecule has 0 bridgehead atoms. The molecular weight excluding hydrogens is 272 g/mol. The number of hydrogen-bond donors (Lipinski definition) is 2. The summed E-state index contributed by atoms with van der Waals surface area (Å²) in [6, 6.07) is 3.28. The molecule has 0 atom stereocenters. The van der Waals surface area contributed by atoms with Crippen molar-refractivity contribution in [2.24, 2.45) is 0 Å². The van der Waals surface area contributed by atoms with Crippen LogP contribution in [0.2, 0.25) is 0 Å². The third-order valence-corrected chi connectivity index (χ3v) is 3.09. The summed E-state index contributed by atoms with van der Waals surface area (Å²) >= 11 is 0. The summed E-state index contributed by atoms with van der Waals surface area (Å²) in [5, 5.41) is 16.8. The summed E-state index contributed by atoms with van der Waals surface area (Å²) in [6.07, 6.45) is 1.44. The number of carbonyl (C=O) groups excluding carboxylic acids is 1. The van der Waals surface area contributed by atoms with Crippen molar-refractivity contribution in [3.63, 3.8) is 0 Å². The fraction of sp³-hybridized carbons (Fsp3) is 0.357. The monoisotopic (exact) mass is 290 g/mol. The van der Waals surface area contributed by atoms with Gasteiger partial charge in [-0.15, -0.1) is 0 Å². The second-order valence-electron chi connectivity index (χ2n) is 4.54. The van der Waals surface area contributed by atoms with Crippen LogP contribution < -0.4 is 10.1 Å². The predicted molar refractivity (Wildman–Crippen MR) is 76.3 cm³/mol. The molecule has 0 saturated heterocycles. The van der Waals surface area contributed by atoms with Gasteiger partial charge in [-0.2, -0.15) is 5.10 Å². The van der Waals surface area contributed by atoms with E-state index in [2.05, 4.69) is 15.4 Å². The Balaban J connectivity index is 2.16. The van der Waals surface area contributed by atoms with Gasteiger partial charge in [0, 0.05) is 6.54 Å². The average molecular weight is 290 g/mol. The van der Waals surface area contributed by atoms with E-state index < -0.39 is 0 Å². The zero-order chi connectivity index (χ0) is 15.4. The minimum absolute atomic E-state index is 0.169. The van der Waals surface area contributed by atoms with Gasteiger partial charge in [0.15, 0.2) is 11.5 Å². The number of amides is 1. The van der Waals surface area contributed by atoms with Gasteiger partial charge in [-0.25, -0.2) is 9.67 Å². The summed E-state index contributed by atoms with van der Waals surface area (Å²) in [5.74, 6) is 0.375. The SMILES string of the molecule is CCn1ncnc1CNC(=O)c1cc(C)cc(OC)c1O. The largest absolute Gasteiger partial charge is 0.504 e. The maximum absolute atomic E-state index is 12.2. The molecule has 0 aliphatic carbocycles. The number of nitrogens with one attached hydrogen (secondary N) is 1. The Labute approximate surface area is 122 Å². The van der Waals surface area contributed by atoms with Gasteiger partial charge in [-0.3, -0.25) is 4.79 Å². The molecule has 1 aromatic carbocycles. The third-order valence-electron chi connectivity index (χ3n) is 3.09. The van der Waals surface area contributed by atoms with Crippen molar-refractivity contribution in [3.05, 3.63) is 35.4 Å². The summed E-state index contributed by atoms with van der Waals surface area (Å²) in [4.78, 5) is 16.3. The molecule has 0 aliphatic rings. The van der Waals surface area contributed by atoms with E-state index in [1.807, 2.05) is 13.8 Å². The van der Waals surface area contributed by atoms with E-state index in [9.17, 15) is 9.90 Å². The topological polar surface area (TPSA) is 89.3 Å². The molecule has 2 rings (SSSR count). The molecule has 1 heterocycles. The van der Waals surface area contributed by atoms with Crippen molar-refractivity contribution >= 4 is 5.91 Å². The predicted octanol–water partition coefficient (Wildman–Crippen LogP) is 1.25. The highest BCUT2D eigenvalue weighted by molar-refractivity contribution is 5.97. The normalized spacial score (nSPS) is 10.4. The van der Waals surface area contributed by atoms with E-state index >= 15 is 0 Å². The van der Waals surface area contributed by atoms with Crippen molar-refractivity contribution in [2.45, 2.75) is 26.9 Å². The molecule has 0 radical (unpaired) electrons. The van der Waals surface area contributed by atoms with E-state index in [1.54, 1.807) is 16.8 Å². The summed E-state index contributed by atoms with van der Waals surface area (Å²) < 4.78 is 6.74. The lowest BCUT2D eigenvalue weighted by Gasteiger charge is -2.11. The van der Waals surface area contributed by atoms with Gasteiger partial charge in [-0.1, -0.05) is 0 Å². The van der Waals surface area contributed by atoms with Crippen LogP contribution in [-0.2, 0) is 13.1 Å². The lowest BCUT2D eigenvalue weighted by Crippen LogP contribution is -2.25. The smallest absolute Gasteiger partial charge is 0.255 e. The minimum Gasteiger partial charge on any atom is -0.504 e. The number of aryl methyl sites for hydroxylation is 2. The van der Waals surface area contributed by atoms with Crippen LogP contribution >= 0.6 is 0 Å². The first-order chi connectivity index (χ1) is 10.1. The van der Waals surface area contributed by atoms with Gasteiger partial charge in [0.2, 0.25) is 0 Å². The van der Waals surface area contributed by atoms with Crippen LogP contribution in [-0.4, -0.2) is 32.9 Å². The number of phenols is 1. The average Bonchev–Trinajstić information content (AvgIpc) is 2.94. The van der Waals surface area contributed by atoms with Crippen molar-refractivity contribution in [1.29, 1.82) is 0 Å². The van der Waals surface area contributed by atoms with Crippen LogP contribution in [0, 0.1) is 6.92 Å². The Bertz CT molecular complexity index is 652. The van der Waals surface area contributed by atoms with Crippen LogP contribution in [0.1, 0.15) is 28.7 Å². The zero-order valence-electron chi connectivity index (χ0n) is 12.3. The Morgan fingerprint density at radius 1 is 1.48 bits per heavy atom. The van der Waals surface area contributed by atoms with E-state index in [1.165, 1.54) is 13.4 Å². The summed E-state index contributed by atoms with van der Waals surface area (Å²) in [6.45, 7) is 4.68. The molecule has 7 heteroatoms. The number of phenolic OH excluding ortho intramolecular Hbond substituents is 1. The fourth-order valence-electron chi connectivity index (χ4n) is 2.02. The van der Waals surface area contributed by atoms with Gasteiger partial charge >= 0.3 is 0 Å². The quantitative estimate of drug-likeness (QED) is 0.865. The molecule has 112 valence electrons. The highest BCUT2D eigenvalue weighted by Crippen LogP contribution is 2.31. The molecule has 2 N–H and O–H groups in total. The lowest BCUT2D eigenvalue weighted by atomic mass is 10.1. The van der Waals surface area contributed by atoms with Crippen molar-refractivity contribution in [1.82, 2.24) is 20.1 Å². The van der Waals surface area contributed by atoms with E-state index in [0.29, 0.717) is 12.4 Å². The Hall–Kier alpha value is -2.57. The molecule has 0 fully saturated rings. The second kappa shape index (κ2) is 6.25. The zero-order valence-corrected chi connectivity index (χ0v) is 12.3. The summed E-state index contributed by atoms with van der Waals surface area (Å²) in [7, 11) is 1.44. The van der Waals surface area contributed by atoms with Crippen molar-refractivity contribution < 1.29 is 14.6 Å². The van der Waals surface area contributed by atoms with Crippen molar-refractivity contribution in [2.75, 3.05) is 7.11 Å². The lowest BCUT2D eigenvalue weighted by molar-refractivity contribution is 0.0946. The first-order valence-electron chi connectivity index (χ1n) is 6.59. The number of benzene rings is 1. The third kappa shape index (κ3) is 3.13. The first-order valence-corrected chi connectivity index (χ1v) is 6.59. The molecule has 7 nitrogen and oxygen atoms in total. The second-order valence-corrected chi connectivity index (χ2v) is 4.54. The Morgan fingerprint density at radius 2 is 2.24 bits per heavy atom. The molecule has 21 heavy (non-hydrogen) atoms. The number of ether oxygens (including phenoxy) is 1. The number of hydrogen-bond acceptors (Lipinski definition) is 5. The van der Waals surface area contributed by atoms with Gasteiger partial charge in [0.05, 0.1) is 19.2 Å². The van der Waals surface area contributed by atoms with Crippen LogP contribution in [0.5, 0.6) is 11.5 Å². The van der Waals surface area contributed by atoms with Crippen molar-refractivity contribution in [3.8, 4) is 11.5 Å². The molecule has 1 amide bonds. The van der Waals surface area contributed by atoms with Gasteiger partial charge in [0.25, 0.3) is 5.91 Å². The van der Waals surface area contributed by atoms with Gasteiger partial charge in [-0.05, 0) is 31.5 Å². The maximum Gasteiger partial charge on any atom is 0.255 e. The highest BCUT2D eigenvalue weighted by Gasteiger charge is 2.16. The van der Waals surface area contributed by atoms with E-state index in [0.717, 1.165) is 5.56 Å². The van der Waals surface area contributed by atoms with Crippen LogP contribution in [0.3, 0.4) is 0 Å². The molecular formula is C14H18N4O3. The molecule has 0 spiro atoms. The maximum atomic E-state index is 12.2. The number of carbonyl (C=O) groups is 1. The Kier molecular flexibility index (Phi) is 4.42. The number of aromatic nitrogens is 3. The number of aromatic hydroxyl groups is 1. The highest BCUT2D eigenvalue weighted by atomic mass is 16.5. The summed E-state index contributed by atoms with van der Waals surface area (Å²) in [5.41, 5.74) is 1.00. The molecule has 0 unspecified atom stereocenters. The van der Waals surface area contributed by atoms with E-state index in [-0.39, 0.29) is 29.5 Å². The minimum atomic E-state index is -0.389. The molecule has 2 aromatic rings. The van der Waals surface area contributed by atoms with Gasteiger partial charge < -0.3 is 15.2 Å².